The number of aryl methyl sites for hydroxylation is 2. The molecule has 23 heavy (non-hydrogen) atoms. The molecule has 2 aromatic carbocycles. The van der Waals surface area contributed by atoms with Crippen molar-refractivity contribution >= 4 is 11.4 Å². The summed E-state index contributed by atoms with van der Waals surface area (Å²) in [5.41, 5.74) is 5.42. The quantitative estimate of drug-likeness (QED) is 0.641. The van der Waals surface area contributed by atoms with Crippen molar-refractivity contribution in [1.29, 1.82) is 0 Å². The molecule has 0 aliphatic carbocycles. The summed E-state index contributed by atoms with van der Waals surface area (Å²) in [7, 11) is 4.10. The fourth-order valence-corrected chi connectivity index (χ4v) is 3.08. The highest BCUT2D eigenvalue weighted by Gasteiger charge is 2.28. The van der Waals surface area contributed by atoms with Crippen molar-refractivity contribution in [2.24, 2.45) is 7.05 Å². The molecule has 0 spiro atoms. The Morgan fingerprint density at radius 2 is 1.91 bits per heavy atom. The molecule has 0 radical (unpaired) electrons. The van der Waals surface area contributed by atoms with Crippen molar-refractivity contribution < 1.29 is 9.30 Å². The maximum absolute atomic E-state index is 6.29. The third-order valence-electron chi connectivity index (χ3n) is 4.35. The highest BCUT2D eigenvalue weighted by atomic mass is 16.5. The van der Waals surface area contributed by atoms with Crippen LogP contribution in [-0.4, -0.2) is 12.0 Å². The molecule has 1 aliphatic rings. The number of anilines is 2. The van der Waals surface area contributed by atoms with Gasteiger partial charge in [0, 0.05) is 7.05 Å². The van der Waals surface area contributed by atoms with Crippen LogP contribution in [0.5, 0.6) is 11.5 Å². The van der Waals surface area contributed by atoms with Crippen LogP contribution in [0.1, 0.15) is 5.56 Å². The molecule has 2 heterocycles. The lowest BCUT2D eigenvalue weighted by molar-refractivity contribution is -0.660. The Bertz CT molecular complexity index is 905. The Morgan fingerprint density at radius 1 is 1.09 bits per heavy atom. The van der Waals surface area contributed by atoms with Gasteiger partial charge in [0.05, 0.1) is 29.3 Å². The van der Waals surface area contributed by atoms with Crippen molar-refractivity contribution in [3.63, 3.8) is 0 Å². The number of nitrogens with zero attached hydrogens (tertiary/aromatic N) is 3. The van der Waals surface area contributed by atoms with Gasteiger partial charge in [0.25, 0.3) is 0 Å². The van der Waals surface area contributed by atoms with Gasteiger partial charge in [-0.1, -0.05) is 18.2 Å². The Morgan fingerprint density at radius 3 is 2.74 bits per heavy atom. The molecule has 0 fully saturated rings. The SMILES string of the molecule is Cc1ccc2c(c1-c1cncc[n+]1C)Oc1ccccc1N2C. The van der Waals surface area contributed by atoms with Crippen LogP contribution in [0.25, 0.3) is 11.3 Å². The third kappa shape index (κ3) is 2.06. The first-order valence-electron chi connectivity index (χ1n) is 7.61. The fourth-order valence-electron chi connectivity index (χ4n) is 3.08. The zero-order valence-corrected chi connectivity index (χ0v) is 13.4. The Balaban J connectivity index is 1.98. The first kappa shape index (κ1) is 13.8. The van der Waals surface area contributed by atoms with E-state index in [1.165, 1.54) is 5.56 Å². The number of fused-ring (bicyclic) bond motifs is 2. The molecule has 0 N–H and O–H groups in total. The highest BCUT2D eigenvalue weighted by Crippen LogP contribution is 2.50. The topological polar surface area (TPSA) is 29.2 Å². The van der Waals surface area contributed by atoms with Gasteiger partial charge in [0.1, 0.15) is 7.05 Å². The molecule has 0 bridgehead atoms. The van der Waals surface area contributed by atoms with Crippen LogP contribution < -0.4 is 14.2 Å². The van der Waals surface area contributed by atoms with Crippen molar-refractivity contribution in [2.75, 3.05) is 11.9 Å². The maximum Gasteiger partial charge on any atom is 0.234 e. The zero-order chi connectivity index (χ0) is 16.0. The summed E-state index contributed by atoms with van der Waals surface area (Å²) in [5.74, 6) is 1.76. The van der Waals surface area contributed by atoms with Gasteiger partial charge in [-0.05, 0) is 30.7 Å². The van der Waals surface area contributed by atoms with E-state index in [4.69, 9.17) is 4.74 Å². The minimum Gasteiger partial charge on any atom is -0.452 e. The highest BCUT2D eigenvalue weighted by molar-refractivity contribution is 5.85. The van der Waals surface area contributed by atoms with Gasteiger partial charge in [-0.25, -0.2) is 0 Å². The zero-order valence-electron chi connectivity index (χ0n) is 13.4. The van der Waals surface area contributed by atoms with Crippen LogP contribution in [0, 0.1) is 6.92 Å². The molecular weight excluding hydrogens is 286 g/mol. The molecular formula is C19H18N3O+. The minimum atomic E-state index is 0.876. The predicted octanol–water partition coefficient (Wildman–Crippen LogP) is 3.76. The second-order valence-electron chi connectivity index (χ2n) is 5.81. The summed E-state index contributed by atoms with van der Waals surface area (Å²) in [4.78, 5) is 6.46. The third-order valence-corrected chi connectivity index (χ3v) is 4.35. The Labute approximate surface area is 135 Å². The second-order valence-corrected chi connectivity index (χ2v) is 5.81. The van der Waals surface area contributed by atoms with Gasteiger partial charge in [-0.15, -0.1) is 0 Å². The number of rotatable bonds is 1. The van der Waals surface area contributed by atoms with Crippen molar-refractivity contribution in [3.8, 4) is 22.8 Å². The molecule has 0 unspecified atom stereocenters. The lowest BCUT2D eigenvalue weighted by atomic mass is 10.0. The number of benzene rings is 2. The summed E-state index contributed by atoms with van der Waals surface area (Å²) in [5, 5.41) is 0. The molecule has 4 nitrogen and oxygen atoms in total. The van der Waals surface area contributed by atoms with Gasteiger partial charge in [-0.3, -0.25) is 4.98 Å². The van der Waals surface area contributed by atoms with Crippen molar-refractivity contribution in [3.05, 3.63) is 60.6 Å². The molecule has 1 aliphatic heterocycles. The van der Waals surface area contributed by atoms with Gasteiger partial charge >= 0.3 is 0 Å². The normalized spacial score (nSPS) is 12.4. The van der Waals surface area contributed by atoms with E-state index in [1.54, 1.807) is 6.20 Å². The van der Waals surface area contributed by atoms with E-state index in [2.05, 4.69) is 46.6 Å². The molecule has 0 amide bonds. The van der Waals surface area contributed by atoms with Crippen LogP contribution in [0.15, 0.2) is 55.0 Å². The lowest BCUT2D eigenvalue weighted by Gasteiger charge is -2.31. The summed E-state index contributed by atoms with van der Waals surface area (Å²) in [6.45, 7) is 2.10. The van der Waals surface area contributed by atoms with E-state index in [-0.39, 0.29) is 0 Å². The van der Waals surface area contributed by atoms with Gasteiger partial charge in [0.2, 0.25) is 5.69 Å². The summed E-state index contributed by atoms with van der Waals surface area (Å²) in [6, 6.07) is 12.3. The van der Waals surface area contributed by atoms with E-state index >= 15 is 0 Å². The fraction of sp³-hybridized carbons (Fsp3) is 0.158. The first-order valence-corrected chi connectivity index (χ1v) is 7.61. The van der Waals surface area contributed by atoms with Crippen LogP contribution in [0.3, 0.4) is 0 Å². The lowest BCUT2D eigenvalue weighted by Crippen LogP contribution is -2.31. The smallest absolute Gasteiger partial charge is 0.234 e. The molecule has 114 valence electrons. The largest absolute Gasteiger partial charge is 0.452 e. The maximum atomic E-state index is 6.29. The number of hydrogen-bond donors (Lipinski definition) is 0. The summed E-state index contributed by atoms with van der Waals surface area (Å²) >= 11 is 0. The van der Waals surface area contributed by atoms with Crippen molar-refractivity contribution in [1.82, 2.24) is 4.98 Å². The molecule has 4 heteroatoms. The molecule has 4 rings (SSSR count). The van der Waals surface area contributed by atoms with E-state index < -0.39 is 0 Å². The summed E-state index contributed by atoms with van der Waals surface area (Å²) in [6.07, 6.45) is 5.62. The van der Waals surface area contributed by atoms with Crippen LogP contribution in [0.4, 0.5) is 11.4 Å². The van der Waals surface area contributed by atoms with Gasteiger partial charge in [0.15, 0.2) is 17.7 Å². The monoisotopic (exact) mass is 304 g/mol. The van der Waals surface area contributed by atoms with Gasteiger partial charge < -0.3 is 9.64 Å². The Kier molecular flexibility index (Phi) is 3.05. The minimum absolute atomic E-state index is 0.876. The molecule has 0 saturated heterocycles. The number of ether oxygens (including phenoxy) is 1. The van der Waals surface area contributed by atoms with E-state index in [9.17, 15) is 0 Å². The van der Waals surface area contributed by atoms with Crippen LogP contribution in [-0.2, 0) is 7.05 Å². The summed E-state index contributed by atoms with van der Waals surface area (Å²) < 4.78 is 8.36. The van der Waals surface area contributed by atoms with E-state index in [1.807, 2.05) is 37.6 Å². The average Bonchev–Trinajstić information content (AvgIpc) is 2.56. The Hall–Kier alpha value is -2.88. The number of aromatic nitrogens is 2. The van der Waals surface area contributed by atoms with E-state index in [0.29, 0.717) is 0 Å². The van der Waals surface area contributed by atoms with Gasteiger partial charge in [-0.2, -0.15) is 4.57 Å². The second kappa shape index (κ2) is 5.09. The van der Waals surface area contributed by atoms with Crippen LogP contribution in [0.2, 0.25) is 0 Å². The molecule has 0 atom stereocenters. The number of para-hydroxylation sites is 2. The molecule has 3 aromatic rings. The predicted molar refractivity (Wildman–Crippen MR) is 90.2 cm³/mol. The molecule has 1 aromatic heterocycles. The van der Waals surface area contributed by atoms with Crippen molar-refractivity contribution in [2.45, 2.75) is 6.92 Å². The standard InChI is InChI=1S/C19H18N3O/c1-13-8-9-15-19(18(13)16-12-20-10-11-21(16)2)23-17-7-5-4-6-14(17)22(15)3/h4-12H,1-3H3/q+1. The number of hydrogen-bond acceptors (Lipinski definition) is 3. The van der Waals surface area contributed by atoms with E-state index in [0.717, 1.165) is 34.1 Å². The average molecular weight is 304 g/mol. The first-order chi connectivity index (χ1) is 11.2. The van der Waals surface area contributed by atoms with Crippen LogP contribution >= 0.6 is 0 Å². The molecule has 0 saturated carbocycles.